The molecule has 0 aliphatic rings. The van der Waals surface area contributed by atoms with E-state index in [9.17, 15) is 4.79 Å². The molecule has 0 aliphatic heterocycles. The number of aromatic nitrogens is 2. The lowest BCUT2D eigenvalue weighted by molar-refractivity contribution is 0.102. The molecule has 1 heterocycles. The summed E-state index contributed by atoms with van der Waals surface area (Å²) in [6.07, 6.45) is 1.67. The first-order valence-electron chi connectivity index (χ1n) is 5.95. The Hall–Kier alpha value is -0.940. The molecule has 0 atom stereocenters. The van der Waals surface area contributed by atoms with Gasteiger partial charge in [-0.2, -0.15) is 5.10 Å². The normalized spacial score (nSPS) is 11.1. The summed E-state index contributed by atoms with van der Waals surface area (Å²) >= 11 is 6.82. The molecule has 0 saturated carbocycles. The highest BCUT2D eigenvalue weighted by atomic mass is 79.9. The Kier molecular flexibility index (Phi) is 4.26. The van der Waals surface area contributed by atoms with Crippen LogP contribution in [0.15, 0.2) is 33.3 Å². The monoisotopic (exact) mass is 384 g/mol. The molecule has 0 unspecified atom stereocenters. The second kappa shape index (κ2) is 5.59. The van der Waals surface area contributed by atoms with Crippen molar-refractivity contribution >= 4 is 37.6 Å². The first-order chi connectivity index (χ1) is 8.91. The molecule has 0 N–H and O–H groups in total. The van der Waals surface area contributed by atoms with Crippen LogP contribution in [0.5, 0.6) is 0 Å². The van der Waals surface area contributed by atoms with E-state index in [1.54, 1.807) is 10.9 Å². The van der Waals surface area contributed by atoms with Gasteiger partial charge in [0.25, 0.3) is 0 Å². The first-order valence-corrected chi connectivity index (χ1v) is 7.54. The van der Waals surface area contributed by atoms with E-state index >= 15 is 0 Å². The van der Waals surface area contributed by atoms with E-state index in [1.807, 2.05) is 39.0 Å². The van der Waals surface area contributed by atoms with Crippen molar-refractivity contribution in [2.24, 2.45) is 0 Å². The van der Waals surface area contributed by atoms with Gasteiger partial charge in [0.05, 0.1) is 10.7 Å². The third-order valence-electron chi connectivity index (χ3n) is 2.89. The van der Waals surface area contributed by atoms with Gasteiger partial charge in [-0.25, -0.2) is 0 Å². The van der Waals surface area contributed by atoms with Gasteiger partial charge in [-0.3, -0.25) is 9.48 Å². The van der Waals surface area contributed by atoms with Crippen LogP contribution < -0.4 is 0 Å². The molecular weight excluding hydrogens is 372 g/mol. The van der Waals surface area contributed by atoms with Crippen LogP contribution in [-0.4, -0.2) is 15.6 Å². The maximum atomic E-state index is 12.7. The van der Waals surface area contributed by atoms with Gasteiger partial charge in [0.1, 0.15) is 5.69 Å². The van der Waals surface area contributed by atoms with Gasteiger partial charge >= 0.3 is 0 Å². The molecule has 100 valence electrons. The number of carbonyl (C=O) groups is 1. The molecule has 0 spiro atoms. The Labute approximate surface area is 129 Å². The molecule has 0 aliphatic carbocycles. The summed E-state index contributed by atoms with van der Waals surface area (Å²) in [4.78, 5) is 12.7. The number of aryl methyl sites for hydroxylation is 1. The number of benzene rings is 1. The van der Waals surface area contributed by atoms with Gasteiger partial charge in [-0.05, 0) is 60.5 Å². The highest BCUT2D eigenvalue weighted by Crippen LogP contribution is 2.25. The summed E-state index contributed by atoms with van der Waals surface area (Å²) in [6, 6.07) is 5.80. The Morgan fingerprint density at radius 3 is 2.58 bits per heavy atom. The smallest absolute Gasteiger partial charge is 0.212 e. The molecule has 3 nitrogen and oxygen atoms in total. The van der Waals surface area contributed by atoms with Gasteiger partial charge in [0.2, 0.25) is 5.78 Å². The predicted molar refractivity (Wildman–Crippen MR) is 82.6 cm³/mol. The Morgan fingerprint density at radius 2 is 2.00 bits per heavy atom. The third-order valence-corrected chi connectivity index (χ3v) is 3.96. The average Bonchev–Trinajstić information content (AvgIpc) is 2.70. The number of hydrogen-bond donors (Lipinski definition) is 0. The molecule has 5 heteroatoms. The summed E-state index contributed by atoms with van der Waals surface area (Å²) in [5.74, 6) is -0.0110. The van der Waals surface area contributed by atoms with Crippen LogP contribution in [0.25, 0.3) is 0 Å². The molecule has 19 heavy (non-hydrogen) atoms. The van der Waals surface area contributed by atoms with E-state index in [0.29, 0.717) is 11.3 Å². The van der Waals surface area contributed by atoms with Crippen LogP contribution in [0.3, 0.4) is 0 Å². The zero-order chi connectivity index (χ0) is 14.2. The number of carbonyl (C=O) groups excluding carboxylic acids is 1. The van der Waals surface area contributed by atoms with Crippen LogP contribution in [0.2, 0.25) is 0 Å². The number of nitrogens with zero attached hydrogens (tertiary/aromatic N) is 2. The van der Waals surface area contributed by atoms with Gasteiger partial charge in [-0.1, -0.05) is 15.9 Å². The number of ketones is 1. The van der Waals surface area contributed by atoms with Crippen molar-refractivity contribution in [3.8, 4) is 0 Å². The summed E-state index contributed by atoms with van der Waals surface area (Å²) < 4.78 is 3.44. The fourth-order valence-corrected chi connectivity index (χ4v) is 2.88. The van der Waals surface area contributed by atoms with Crippen LogP contribution in [0, 0.1) is 6.92 Å². The Balaban J connectivity index is 2.53. The fourth-order valence-electron chi connectivity index (χ4n) is 1.95. The van der Waals surface area contributed by atoms with E-state index in [4.69, 9.17) is 0 Å². The molecule has 0 fully saturated rings. The summed E-state index contributed by atoms with van der Waals surface area (Å²) in [6.45, 7) is 5.94. The quantitative estimate of drug-likeness (QED) is 0.727. The second-order valence-corrected chi connectivity index (χ2v) is 6.44. The van der Waals surface area contributed by atoms with Crippen molar-refractivity contribution in [2.45, 2.75) is 26.8 Å². The summed E-state index contributed by atoms with van der Waals surface area (Å²) in [5, 5.41) is 4.25. The third kappa shape index (κ3) is 2.82. The van der Waals surface area contributed by atoms with E-state index in [2.05, 4.69) is 37.0 Å². The topological polar surface area (TPSA) is 34.9 Å². The van der Waals surface area contributed by atoms with E-state index in [1.165, 1.54) is 0 Å². The van der Waals surface area contributed by atoms with Crippen LogP contribution in [0.1, 0.15) is 41.5 Å². The van der Waals surface area contributed by atoms with E-state index < -0.39 is 0 Å². The number of halogens is 2. The molecule has 1 aromatic heterocycles. The van der Waals surface area contributed by atoms with Gasteiger partial charge < -0.3 is 0 Å². The average molecular weight is 386 g/mol. The van der Waals surface area contributed by atoms with Crippen LogP contribution >= 0.6 is 31.9 Å². The lowest BCUT2D eigenvalue weighted by Crippen LogP contribution is -2.14. The highest BCUT2D eigenvalue weighted by Gasteiger charge is 2.21. The van der Waals surface area contributed by atoms with Crippen molar-refractivity contribution in [2.75, 3.05) is 0 Å². The lowest BCUT2D eigenvalue weighted by Gasteiger charge is -2.12. The number of rotatable bonds is 3. The fraction of sp³-hybridized carbons (Fsp3) is 0.286. The predicted octanol–water partition coefficient (Wildman–Crippen LogP) is 4.53. The molecule has 0 bridgehead atoms. The maximum absolute atomic E-state index is 12.7. The van der Waals surface area contributed by atoms with E-state index in [0.717, 1.165) is 14.5 Å². The van der Waals surface area contributed by atoms with Crippen molar-refractivity contribution in [1.29, 1.82) is 0 Å². The van der Waals surface area contributed by atoms with Crippen molar-refractivity contribution in [1.82, 2.24) is 9.78 Å². The Bertz CT molecular complexity index is 632. The SMILES string of the molecule is Cc1cc(Br)ccc1C(=O)c1c(Br)cnn1C(C)C. The molecule has 2 rings (SSSR count). The highest BCUT2D eigenvalue weighted by molar-refractivity contribution is 9.10. The summed E-state index contributed by atoms with van der Waals surface area (Å²) in [7, 11) is 0. The second-order valence-electron chi connectivity index (χ2n) is 4.67. The minimum Gasteiger partial charge on any atom is -0.287 e. The molecule has 2 aromatic rings. The zero-order valence-corrected chi connectivity index (χ0v) is 14.1. The van der Waals surface area contributed by atoms with Gasteiger partial charge in [0.15, 0.2) is 0 Å². The summed E-state index contributed by atoms with van der Waals surface area (Å²) in [5.41, 5.74) is 2.24. The minimum absolute atomic E-state index is 0.0110. The maximum Gasteiger partial charge on any atom is 0.212 e. The minimum atomic E-state index is -0.0110. The Morgan fingerprint density at radius 1 is 1.32 bits per heavy atom. The zero-order valence-electron chi connectivity index (χ0n) is 10.9. The van der Waals surface area contributed by atoms with Gasteiger partial charge in [0, 0.05) is 16.1 Å². The standard InChI is InChI=1S/C14H14Br2N2O/c1-8(2)18-13(12(16)7-17-18)14(19)11-5-4-10(15)6-9(11)3/h4-8H,1-3H3. The lowest BCUT2D eigenvalue weighted by atomic mass is 10.0. The molecule has 0 saturated heterocycles. The van der Waals surface area contributed by atoms with Crippen LogP contribution in [-0.2, 0) is 0 Å². The van der Waals surface area contributed by atoms with Crippen molar-refractivity contribution < 1.29 is 4.79 Å². The molecular formula is C14H14Br2N2O. The van der Waals surface area contributed by atoms with Crippen molar-refractivity contribution in [3.05, 3.63) is 50.2 Å². The van der Waals surface area contributed by atoms with Crippen LogP contribution in [0.4, 0.5) is 0 Å². The molecule has 0 radical (unpaired) electrons. The van der Waals surface area contributed by atoms with Crippen molar-refractivity contribution in [3.63, 3.8) is 0 Å². The first kappa shape index (κ1) is 14.5. The van der Waals surface area contributed by atoms with Gasteiger partial charge in [-0.15, -0.1) is 0 Å². The largest absolute Gasteiger partial charge is 0.287 e. The van der Waals surface area contributed by atoms with E-state index in [-0.39, 0.29) is 11.8 Å². The molecule has 0 amide bonds. The molecule has 1 aromatic carbocycles. The number of hydrogen-bond acceptors (Lipinski definition) is 2.